The lowest BCUT2D eigenvalue weighted by atomic mass is 9.98. The first-order chi connectivity index (χ1) is 16.3. The highest BCUT2D eigenvalue weighted by Gasteiger charge is 2.34. The maximum atomic E-state index is 13.4. The number of nitrogens with zero attached hydrogens (tertiary/aromatic N) is 3. The van der Waals surface area contributed by atoms with E-state index in [-0.39, 0.29) is 60.2 Å². The third-order valence-corrected chi connectivity index (χ3v) is 6.83. The molecular formula is C25H35N3O6. The highest BCUT2D eigenvalue weighted by atomic mass is 16.6. The molecule has 2 bridgehead atoms. The van der Waals surface area contributed by atoms with Crippen LogP contribution in [0.5, 0.6) is 5.75 Å². The first-order valence-electron chi connectivity index (χ1n) is 11.7. The number of nitriles is 1. The van der Waals surface area contributed by atoms with Gasteiger partial charge in [-0.15, -0.1) is 0 Å². The minimum absolute atomic E-state index is 0.0441. The number of fused-ring (bicyclic) bond motifs is 3. The Morgan fingerprint density at radius 3 is 2.47 bits per heavy atom. The Bertz CT molecular complexity index is 916. The van der Waals surface area contributed by atoms with Crippen LogP contribution in [0.3, 0.4) is 0 Å². The Morgan fingerprint density at radius 1 is 1.06 bits per heavy atom. The lowest BCUT2D eigenvalue weighted by Gasteiger charge is -2.37. The summed E-state index contributed by atoms with van der Waals surface area (Å²) in [4.78, 5) is 29.7. The molecule has 9 heteroatoms. The number of ether oxygens (including phenoxy) is 4. The van der Waals surface area contributed by atoms with Gasteiger partial charge >= 0.3 is 0 Å². The van der Waals surface area contributed by atoms with Gasteiger partial charge in [-0.2, -0.15) is 5.26 Å². The van der Waals surface area contributed by atoms with Crippen LogP contribution in [0.15, 0.2) is 18.2 Å². The smallest absolute Gasteiger partial charge is 0.257 e. The molecule has 1 saturated heterocycles. The topological polar surface area (TPSA) is 101 Å². The molecule has 1 fully saturated rings. The zero-order chi connectivity index (χ0) is 24.8. The maximum Gasteiger partial charge on any atom is 0.257 e. The molecule has 0 saturated carbocycles. The Balaban J connectivity index is 1.98. The molecule has 2 aliphatic heterocycles. The molecular weight excluding hydrogens is 438 g/mol. The van der Waals surface area contributed by atoms with Crippen molar-refractivity contribution in [2.45, 2.75) is 50.6 Å². The molecule has 1 aromatic carbocycles. The monoisotopic (exact) mass is 473 g/mol. The van der Waals surface area contributed by atoms with E-state index >= 15 is 0 Å². The van der Waals surface area contributed by atoms with E-state index in [4.69, 9.17) is 18.9 Å². The second-order valence-electron chi connectivity index (χ2n) is 9.05. The van der Waals surface area contributed by atoms with Crippen LogP contribution < -0.4 is 4.74 Å². The minimum atomic E-state index is -0.488. The van der Waals surface area contributed by atoms with E-state index in [1.165, 1.54) is 12.0 Å². The molecule has 0 aliphatic carbocycles. The largest absolute Gasteiger partial charge is 0.489 e. The second kappa shape index (κ2) is 11.6. The number of carbonyl (C=O) groups excluding carboxylic acids is 2. The standard InChI is InChI=1S/C25H35N3O6/c1-16-21(32-5)14-28(3)25(30)19-8-6-7-17(13-26)23(19)33-15-22-20(31-4)10-9-18(34-22)11-12-27(2)24(16)29/h6-8,16,18,20-22H,9-12,14-15H2,1-5H3/t16-,18+,20+,21+,22-/m0/s1. The van der Waals surface area contributed by atoms with Gasteiger partial charge in [0, 0.05) is 41.4 Å². The third kappa shape index (κ3) is 5.69. The molecule has 2 heterocycles. The number of likely N-dealkylation sites (N-methyl/N-ethyl adjacent to an activating group) is 1. The molecule has 0 radical (unpaired) electrons. The molecule has 3 rings (SSSR count). The van der Waals surface area contributed by atoms with Gasteiger partial charge in [-0.3, -0.25) is 9.59 Å². The van der Waals surface area contributed by atoms with Crippen molar-refractivity contribution < 1.29 is 28.5 Å². The Morgan fingerprint density at radius 2 is 1.79 bits per heavy atom. The van der Waals surface area contributed by atoms with Crippen LogP contribution in [0.4, 0.5) is 0 Å². The van der Waals surface area contributed by atoms with Crippen molar-refractivity contribution in [3.05, 3.63) is 29.3 Å². The predicted octanol–water partition coefficient (Wildman–Crippen LogP) is 2.08. The Hall–Kier alpha value is -2.67. The second-order valence-corrected chi connectivity index (χ2v) is 9.05. The summed E-state index contributed by atoms with van der Waals surface area (Å²) in [6.07, 6.45) is 1.25. The van der Waals surface area contributed by atoms with E-state index in [2.05, 4.69) is 6.07 Å². The van der Waals surface area contributed by atoms with E-state index < -0.39 is 12.0 Å². The molecule has 0 spiro atoms. The van der Waals surface area contributed by atoms with Gasteiger partial charge in [0.2, 0.25) is 5.91 Å². The maximum absolute atomic E-state index is 13.4. The number of carbonyl (C=O) groups is 2. The average molecular weight is 474 g/mol. The highest BCUT2D eigenvalue weighted by molar-refractivity contribution is 5.97. The van der Waals surface area contributed by atoms with Gasteiger partial charge in [-0.05, 0) is 31.4 Å². The number of benzene rings is 1. The number of para-hydroxylation sites is 1. The van der Waals surface area contributed by atoms with Crippen molar-refractivity contribution in [2.75, 3.05) is 48.0 Å². The molecule has 186 valence electrons. The lowest BCUT2D eigenvalue weighted by Crippen LogP contribution is -2.47. The molecule has 1 aromatic rings. The fourth-order valence-corrected chi connectivity index (χ4v) is 4.63. The van der Waals surface area contributed by atoms with Gasteiger partial charge in [0.05, 0.1) is 35.4 Å². The Kier molecular flexibility index (Phi) is 8.89. The molecule has 34 heavy (non-hydrogen) atoms. The lowest BCUT2D eigenvalue weighted by molar-refractivity contribution is -0.147. The summed E-state index contributed by atoms with van der Waals surface area (Å²) in [7, 11) is 6.61. The van der Waals surface area contributed by atoms with Crippen molar-refractivity contribution in [3.63, 3.8) is 0 Å². The summed E-state index contributed by atoms with van der Waals surface area (Å²) in [5.41, 5.74) is 0.552. The summed E-state index contributed by atoms with van der Waals surface area (Å²) in [6, 6.07) is 7.04. The van der Waals surface area contributed by atoms with Crippen molar-refractivity contribution >= 4 is 11.8 Å². The first-order valence-corrected chi connectivity index (χ1v) is 11.7. The van der Waals surface area contributed by atoms with E-state index in [9.17, 15) is 14.9 Å². The van der Waals surface area contributed by atoms with Crippen LogP contribution in [0.2, 0.25) is 0 Å². The molecule has 0 unspecified atom stereocenters. The van der Waals surface area contributed by atoms with Crippen LogP contribution in [0.1, 0.15) is 42.1 Å². The van der Waals surface area contributed by atoms with E-state index in [1.807, 2.05) is 6.92 Å². The van der Waals surface area contributed by atoms with Gasteiger partial charge in [0.1, 0.15) is 24.5 Å². The van der Waals surface area contributed by atoms with Crippen LogP contribution in [-0.2, 0) is 19.0 Å². The normalized spacial score (nSPS) is 29.2. The predicted molar refractivity (Wildman–Crippen MR) is 125 cm³/mol. The van der Waals surface area contributed by atoms with Crippen LogP contribution in [0.25, 0.3) is 0 Å². The van der Waals surface area contributed by atoms with Gasteiger partial charge < -0.3 is 28.7 Å². The zero-order valence-corrected chi connectivity index (χ0v) is 20.7. The van der Waals surface area contributed by atoms with E-state index in [0.717, 1.165) is 12.8 Å². The summed E-state index contributed by atoms with van der Waals surface area (Å²) < 4.78 is 23.6. The Labute approximate surface area is 201 Å². The van der Waals surface area contributed by atoms with Crippen LogP contribution >= 0.6 is 0 Å². The molecule has 0 N–H and O–H groups in total. The van der Waals surface area contributed by atoms with Crippen molar-refractivity contribution in [1.82, 2.24) is 9.80 Å². The number of amides is 2. The summed E-state index contributed by atoms with van der Waals surface area (Å²) >= 11 is 0. The van der Waals surface area contributed by atoms with Gasteiger partial charge in [-0.1, -0.05) is 13.0 Å². The average Bonchev–Trinajstić information content (AvgIpc) is 2.86. The quantitative estimate of drug-likeness (QED) is 0.648. The van der Waals surface area contributed by atoms with E-state index in [0.29, 0.717) is 13.0 Å². The first kappa shape index (κ1) is 25.9. The number of methoxy groups -OCH3 is 2. The molecule has 5 atom stereocenters. The molecule has 2 aliphatic rings. The van der Waals surface area contributed by atoms with Gasteiger partial charge in [-0.25, -0.2) is 0 Å². The summed E-state index contributed by atoms with van der Waals surface area (Å²) in [5, 5.41) is 9.66. The van der Waals surface area contributed by atoms with Crippen molar-refractivity contribution in [2.24, 2.45) is 5.92 Å². The summed E-state index contributed by atoms with van der Waals surface area (Å²) in [5.74, 6) is -0.582. The summed E-state index contributed by atoms with van der Waals surface area (Å²) in [6.45, 7) is 2.72. The van der Waals surface area contributed by atoms with Gasteiger partial charge in [0.15, 0.2) is 0 Å². The zero-order valence-electron chi connectivity index (χ0n) is 20.7. The fraction of sp³-hybridized carbons (Fsp3) is 0.640. The number of hydrogen-bond donors (Lipinski definition) is 0. The van der Waals surface area contributed by atoms with Crippen LogP contribution in [0, 0.1) is 17.2 Å². The SMILES string of the molecule is CO[C@@H]1CC[C@@H]2CCN(C)C(=O)[C@@H](C)[C@H](OC)CN(C)C(=O)c3cccc(C#N)c3OC[C@@H]1O2. The number of hydrogen-bond acceptors (Lipinski definition) is 7. The van der Waals surface area contributed by atoms with Crippen molar-refractivity contribution in [1.29, 1.82) is 5.26 Å². The number of rotatable bonds is 2. The fourth-order valence-electron chi connectivity index (χ4n) is 4.63. The van der Waals surface area contributed by atoms with Gasteiger partial charge in [0.25, 0.3) is 5.91 Å². The molecule has 0 aromatic heterocycles. The van der Waals surface area contributed by atoms with Crippen molar-refractivity contribution in [3.8, 4) is 11.8 Å². The van der Waals surface area contributed by atoms with E-state index in [1.54, 1.807) is 44.3 Å². The minimum Gasteiger partial charge on any atom is -0.489 e. The molecule has 2 amide bonds. The molecule has 9 nitrogen and oxygen atoms in total. The third-order valence-electron chi connectivity index (χ3n) is 6.83. The highest BCUT2D eigenvalue weighted by Crippen LogP contribution is 2.29. The van der Waals surface area contributed by atoms with Crippen LogP contribution in [-0.4, -0.2) is 94.0 Å².